The molecule has 0 saturated carbocycles. The maximum absolute atomic E-state index is 11.5. The molecule has 2 aromatic carbocycles. The number of imidazole rings is 1. The van der Waals surface area contributed by atoms with E-state index in [9.17, 15) is 9.90 Å². The molecule has 1 N–H and O–H groups in total. The minimum atomic E-state index is -0.947. The Bertz CT molecular complexity index is 1470. The second-order valence-electron chi connectivity index (χ2n) is 9.88. The highest BCUT2D eigenvalue weighted by Gasteiger charge is 2.25. The van der Waals surface area contributed by atoms with E-state index in [-0.39, 0.29) is 11.6 Å². The van der Waals surface area contributed by atoms with Crippen LogP contribution in [0.5, 0.6) is 5.88 Å². The molecular weight excluding hydrogens is 492 g/mol. The Kier molecular flexibility index (Phi) is 8.21. The van der Waals surface area contributed by atoms with Gasteiger partial charge in [-0.2, -0.15) is 0 Å². The molecule has 0 radical (unpaired) electrons. The summed E-state index contributed by atoms with van der Waals surface area (Å²) in [6, 6.07) is 18.8. The van der Waals surface area contributed by atoms with Gasteiger partial charge in [-0.15, -0.1) is 6.42 Å². The predicted octanol–water partition coefficient (Wildman–Crippen LogP) is 4.76. The number of likely N-dealkylation sites (tertiary alicyclic amines) is 1. The van der Waals surface area contributed by atoms with Crippen molar-refractivity contribution in [2.45, 2.75) is 31.4 Å². The molecule has 8 nitrogen and oxygen atoms in total. The maximum atomic E-state index is 11.5. The molecule has 8 heteroatoms. The van der Waals surface area contributed by atoms with E-state index >= 15 is 0 Å². The second-order valence-corrected chi connectivity index (χ2v) is 9.88. The third kappa shape index (κ3) is 6.28. The molecule has 4 aromatic rings. The number of nitrogens with zero attached hydrogens (tertiary/aromatic N) is 4. The molecular formula is C31H32N4O4. The van der Waals surface area contributed by atoms with Gasteiger partial charge in [-0.05, 0) is 67.9 Å². The summed E-state index contributed by atoms with van der Waals surface area (Å²) in [7, 11) is 1.69. The number of aromatic nitrogens is 3. The fourth-order valence-corrected chi connectivity index (χ4v) is 5.17. The highest BCUT2D eigenvalue weighted by atomic mass is 16.5. The molecule has 3 heterocycles. The van der Waals surface area contributed by atoms with E-state index in [1.165, 1.54) is 0 Å². The zero-order chi connectivity index (χ0) is 27.2. The Labute approximate surface area is 228 Å². The molecule has 1 aliphatic rings. The van der Waals surface area contributed by atoms with Crippen molar-refractivity contribution in [3.63, 3.8) is 0 Å². The SMILES string of the molecule is C#Cc1ccc(COc2cccc(C3CCN(CC(COC)n4cnc5ccc(C(=O)O)cc54)CC3)n2)cc1. The zero-order valence-electron chi connectivity index (χ0n) is 22.0. The van der Waals surface area contributed by atoms with Gasteiger partial charge < -0.3 is 24.0 Å². The predicted molar refractivity (Wildman–Crippen MR) is 149 cm³/mol. The lowest BCUT2D eigenvalue weighted by Gasteiger charge is -2.34. The largest absolute Gasteiger partial charge is 0.478 e. The van der Waals surface area contributed by atoms with Gasteiger partial charge in [-0.25, -0.2) is 14.8 Å². The summed E-state index contributed by atoms with van der Waals surface area (Å²) >= 11 is 0. The van der Waals surface area contributed by atoms with Crippen LogP contribution in [0, 0.1) is 12.3 Å². The topological polar surface area (TPSA) is 89.7 Å². The van der Waals surface area contributed by atoms with Crippen LogP contribution in [0.25, 0.3) is 11.0 Å². The van der Waals surface area contributed by atoms with Crippen LogP contribution in [-0.4, -0.2) is 63.9 Å². The Morgan fingerprint density at radius 2 is 1.95 bits per heavy atom. The molecule has 2 aromatic heterocycles. The number of piperidine rings is 1. The van der Waals surface area contributed by atoms with E-state index in [0.29, 0.717) is 25.0 Å². The number of hydrogen-bond donors (Lipinski definition) is 1. The summed E-state index contributed by atoms with van der Waals surface area (Å²) in [6.45, 7) is 3.61. The van der Waals surface area contributed by atoms with Crippen LogP contribution in [0.1, 0.15) is 52.0 Å². The number of terminal acetylenes is 1. The van der Waals surface area contributed by atoms with Crippen LogP contribution in [-0.2, 0) is 11.3 Å². The minimum absolute atomic E-state index is 0.0187. The first-order valence-corrected chi connectivity index (χ1v) is 13.1. The molecule has 200 valence electrons. The molecule has 5 rings (SSSR count). The van der Waals surface area contributed by atoms with E-state index < -0.39 is 5.97 Å². The van der Waals surface area contributed by atoms with E-state index in [0.717, 1.165) is 60.3 Å². The fraction of sp³-hybridized carbons (Fsp3) is 0.323. The average molecular weight is 525 g/mol. The van der Waals surface area contributed by atoms with Crippen LogP contribution in [0.3, 0.4) is 0 Å². The van der Waals surface area contributed by atoms with Gasteiger partial charge in [0.2, 0.25) is 5.88 Å². The Hall–Kier alpha value is -4.19. The Balaban J connectivity index is 1.20. The number of pyridine rings is 1. The van der Waals surface area contributed by atoms with Gasteiger partial charge in [0.05, 0.1) is 35.6 Å². The third-order valence-electron chi connectivity index (χ3n) is 7.30. The van der Waals surface area contributed by atoms with Gasteiger partial charge in [0.25, 0.3) is 0 Å². The number of methoxy groups -OCH3 is 1. The van der Waals surface area contributed by atoms with Crippen LogP contribution < -0.4 is 4.74 Å². The number of ether oxygens (including phenoxy) is 2. The van der Waals surface area contributed by atoms with Crippen molar-refractivity contribution in [3.8, 4) is 18.2 Å². The van der Waals surface area contributed by atoms with Crippen molar-refractivity contribution in [1.29, 1.82) is 0 Å². The van der Waals surface area contributed by atoms with Crippen molar-refractivity contribution in [3.05, 3.63) is 89.4 Å². The quantitative estimate of drug-likeness (QED) is 0.299. The molecule has 39 heavy (non-hydrogen) atoms. The molecule has 1 fully saturated rings. The summed E-state index contributed by atoms with van der Waals surface area (Å²) in [6.07, 6.45) is 9.21. The van der Waals surface area contributed by atoms with Crippen LogP contribution >= 0.6 is 0 Å². The number of carboxylic acid groups (broad SMARTS) is 1. The lowest BCUT2D eigenvalue weighted by molar-refractivity contribution is 0.0697. The summed E-state index contributed by atoms with van der Waals surface area (Å²) in [5.41, 5.74) is 4.79. The monoisotopic (exact) mass is 524 g/mol. The summed E-state index contributed by atoms with van der Waals surface area (Å²) in [4.78, 5) is 23.2. The molecule has 1 unspecified atom stereocenters. The van der Waals surface area contributed by atoms with Crippen LogP contribution in [0.15, 0.2) is 67.0 Å². The van der Waals surface area contributed by atoms with Crippen molar-refractivity contribution >= 4 is 17.0 Å². The van der Waals surface area contributed by atoms with Crippen LogP contribution in [0.2, 0.25) is 0 Å². The van der Waals surface area contributed by atoms with Gasteiger partial charge in [-0.1, -0.05) is 24.1 Å². The fourth-order valence-electron chi connectivity index (χ4n) is 5.17. The van der Waals surface area contributed by atoms with Crippen molar-refractivity contribution in [1.82, 2.24) is 19.4 Å². The average Bonchev–Trinajstić information content (AvgIpc) is 3.40. The highest BCUT2D eigenvalue weighted by molar-refractivity contribution is 5.92. The number of carbonyl (C=O) groups is 1. The summed E-state index contributed by atoms with van der Waals surface area (Å²) < 4.78 is 13.5. The van der Waals surface area contributed by atoms with Crippen molar-refractivity contribution in [2.24, 2.45) is 0 Å². The number of rotatable bonds is 10. The van der Waals surface area contributed by atoms with Crippen molar-refractivity contribution < 1.29 is 19.4 Å². The van der Waals surface area contributed by atoms with E-state index in [2.05, 4.69) is 21.9 Å². The number of aromatic carboxylic acids is 1. The molecule has 1 saturated heterocycles. The van der Waals surface area contributed by atoms with E-state index in [1.807, 2.05) is 41.0 Å². The first kappa shape index (κ1) is 26.4. The van der Waals surface area contributed by atoms with Gasteiger partial charge in [-0.3, -0.25) is 0 Å². The lowest BCUT2D eigenvalue weighted by Crippen LogP contribution is -2.38. The number of benzene rings is 2. The van der Waals surface area contributed by atoms with Gasteiger partial charge in [0.1, 0.15) is 6.61 Å². The first-order chi connectivity index (χ1) is 19.0. The molecule has 0 aliphatic carbocycles. The maximum Gasteiger partial charge on any atom is 0.335 e. The standard InChI is InChI=1S/C31H32N4O4/c1-3-22-7-9-23(10-8-22)19-39-30-6-4-5-27(33-30)24-13-15-34(16-14-24)18-26(20-38-2)35-21-32-28-12-11-25(31(36)37)17-29(28)35/h1,4-12,17,21,24,26H,13-16,18-20H2,2H3,(H,36,37). The minimum Gasteiger partial charge on any atom is -0.478 e. The molecule has 1 aliphatic heterocycles. The van der Waals surface area contributed by atoms with Gasteiger partial charge in [0, 0.05) is 36.9 Å². The van der Waals surface area contributed by atoms with Crippen molar-refractivity contribution in [2.75, 3.05) is 33.4 Å². The second kappa shape index (κ2) is 12.1. The third-order valence-corrected chi connectivity index (χ3v) is 7.30. The number of fused-ring (bicyclic) bond motifs is 1. The van der Waals surface area contributed by atoms with E-state index in [4.69, 9.17) is 20.9 Å². The highest BCUT2D eigenvalue weighted by Crippen LogP contribution is 2.29. The Morgan fingerprint density at radius 3 is 2.67 bits per heavy atom. The number of carboxylic acids is 1. The molecule has 0 spiro atoms. The number of hydrogen-bond acceptors (Lipinski definition) is 6. The first-order valence-electron chi connectivity index (χ1n) is 13.1. The van der Waals surface area contributed by atoms with E-state index in [1.54, 1.807) is 31.6 Å². The van der Waals surface area contributed by atoms with Crippen LogP contribution in [0.4, 0.5) is 0 Å². The lowest BCUT2D eigenvalue weighted by atomic mass is 9.93. The molecule has 1 atom stereocenters. The van der Waals surface area contributed by atoms with Gasteiger partial charge in [0.15, 0.2) is 0 Å². The molecule has 0 bridgehead atoms. The zero-order valence-corrected chi connectivity index (χ0v) is 22.0. The summed E-state index contributed by atoms with van der Waals surface area (Å²) in [5.74, 6) is 2.67. The van der Waals surface area contributed by atoms with Gasteiger partial charge >= 0.3 is 5.97 Å². The Morgan fingerprint density at radius 1 is 1.15 bits per heavy atom. The molecule has 0 amide bonds. The summed E-state index contributed by atoms with van der Waals surface area (Å²) in [5, 5.41) is 9.43. The smallest absolute Gasteiger partial charge is 0.335 e. The normalized spacial score (nSPS) is 15.2.